The highest BCUT2D eigenvalue weighted by atomic mass is 16.6. The zero-order valence-electron chi connectivity index (χ0n) is 11.5. The Labute approximate surface area is 112 Å². The van der Waals surface area contributed by atoms with Crippen LogP contribution in [0.1, 0.15) is 13.8 Å². The summed E-state index contributed by atoms with van der Waals surface area (Å²) < 4.78 is 5.02. The van der Waals surface area contributed by atoms with Gasteiger partial charge in [-0.3, -0.25) is 10.1 Å². The number of hydrogen-bond acceptors (Lipinski definition) is 6. The number of anilines is 2. The van der Waals surface area contributed by atoms with E-state index >= 15 is 0 Å². The normalized spacial score (nSPS) is 10.3. The Morgan fingerprint density at radius 2 is 2.21 bits per heavy atom. The van der Waals surface area contributed by atoms with Crippen molar-refractivity contribution >= 4 is 17.3 Å². The Kier molecular flexibility index (Phi) is 6.01. The van der Waals surface area contributed by atoms with Crippen molar-refractivity contribution in [3.8, 4) is 0 Å². The van der Waals surface area contributed by atoms with Gasteiger partial charge < -0.3 is 15.0 Å². The lowest BCUT2D eigenvalue weighted by Crippen LogP contribution is -2.28. The van der Waals surface area contributed by atoms with Crippen molar-refractivity contribution in [1.82, 2.24) is 4.98 Å². The average molecular weight is 268 g/mol. The van der Waals surface area contributed by atoms with Gasteiger partial charge in [-0.1, -0.05) is 0 Å². The summed E-state index contributed by atoms with van der Waals surface area (Å²) >= 11 is 0. The minimum atomic E-state index is -0.409. The van der Waals surface area contributed by atoms with Crippen LogP contribution < -0.4 is 10.2 Å². The Bertz CT molecular complexity index is 425. The Hall–Kier alpha value is -1.89. The number of nitrogens with one attached hydrogen (secondary N) is 1. The maximum absolute atomic E-state index is 11.1. The highest BCUT2D eigenvalue weighted by Gasteiger charge is 2.20. The van der Waals surface area contributed by atoms with Crippen LogP contribution in [0.2, 0.25) is 0 Å². The summed E-state index contributed by atoms with van der Waals surface area (Å²) in [4.78, 5) is 16.8. The first kappa shape index (κ1) is 15.2. The largest absolute Gasteiger partial charge is 0.383 e. The number of likely N-dealkylation sites (N-methyl/N-ethyl adjacent to an activating group) is 1. The van der Waals surface area contributed by atoms with Crippen LogP contribution in [-0.2, 0) is 4.74 Å². The fourth-order valence-corrected chi connectivity index (χ4v) is 1.71. The quantitative estimate of drug-likeness (QED) is 0.573. The first-order valence-electron chi connectivity index (χ1n) is 6.27. The first-order valence-corrected chi connectivity index (χ1v) is 6.27. The fraction of sp³-hybridized carbons (Fsp3) is 0.583. The van der Waals surface area contributed by atoms with Gasteiger partial charge in [-0.25, -0.2) is 4.98 Å². The Balaban J connectivity index is 3.10. The van der Waals surface area contributed by atoms with Gasteiger partial charge in [0.05, 0.1) is 11.5 Å². The Morgan fingerprint density at radius 1 is 1.47 bits per heavy atom. The number of nitro groups is 1. The van der Waals surface area contributed by atoms with Gasteiger partial charge in [-0.15, -0.1) is 0 Å². The third-order valence-corrected chi connectivity index (χ3v) is 2.66. The van der Waals surface area contributed by atoms with Gasteiger partial charge in [0.2, 0.25) is 5.82 Å². The lowest BCUT2D eigenvalue weighted by Gasteiger charge is -2.21. The molecule has 0 saturated heterocycles. The SMILES string of the molecule is CCNc1ccc([N+](=O)[O-])c(N(CC)CCOC)n1. The van der Waals surface area contributed by atoms with E-state index in [4.69, 9.17) is 4.74 Å². The topological polar surface area (TPSA) is 80.5 Å². The van der Waals surface area contributed by atoms with Crippen LogP contribution in [0, 0.1) is 10.1 Å². The van der Waals surface area contributed by atoms with Gasteiger partial charge in [0.25, 0.3) is 0 Å². The van der Waals surface area contributed by atoms with Crippen LogP contribution in [0.5, 0.6) is 0 Å². The molecule has 0 saturated carbocycles. The molecule has 0 atom stereocenters. The second kappa shape index (κ2) is 7.52. The molecule has 0 aliphatic carbocycles. The van der Waals surface area contributed by atoms with E-state index in [1.54, 1.807) is 13.2 Å². The molecular weight excluding hydrogens is 248 g/mol. The fourth-order valence-electron chi connectivity index (χ4n) is 1.71. The molecule has 1 aromatic rings. The van der Waals surface area contributed by atoms with E-state index in [0.717, 1.165) is 0 Å². The number of aromatic nitrogens is 1. The molecular formula is C12H20N4O3. The molecule has 1 rings (SSSR count). The highest BCUT2D eigenvalue weighted by Crippen LogP contribution is 2.27. The summed E-state index contributed by atoms with van der Waals surface area (Å²) in [6.07, 6.45) is 0. The van der Waals surface area contributed by atoms with Gasteiger partial charge in [-0.2, -0.15) is 0 Å². The third kappa shape index (κ3) is 4.06. The standard InChI is InChI=1S/C12H20N4O3/c1-4-13-11-7-6-10(16(17)18)12(14-11)15(5-2)8-9-19-3/h6-7H,4-5,8-9H2,1-3H3,(H,13,14). The molecule has 19 heavy (non-hydrogen) atoms. The van der Waals surface area contributed by atoms with Crippen molar-refractivity contribution in [2.24, 2.45) is 0 Å². The molecule has 0 amide bonds. The molecule has 1 heterocycles. The maximum Gasteiger partial charge on any atom is 0.311 e. The molecule has 0 radical (unpaired) electrons. The monoisotopic (exact) mass is 268 g/mol. The highest BCUT2D eigenvalue weighted by molar-refractivity contribution is 5.61. The van der Waals surface area contributed by atoms with Gasteiger partial charge in [0.1, 0.15) is 5.82 Å². The number of rotatable bonds is 8. The van der Waals surface area contributed by atoms with Gasteiger partial charge in [0.15, 0.2) is 0 Å². The van der Waals surface area contributed by atoms with E-state index in [1.807, 2.05) is 18.7 Å². The molecule has 0 aliphatic heterocycles. The van der Waals surface area contributed by atoms with E-state index < -0.39 is 4.92 Å². The smallest absolute Gasteiger partial charge is 0.311 e. The molecule has 7 nitrogen and oxygen atoms in total. The van der Waals surface area contributed by atoms with Crippen LogP contribution in [0.25, 0.3) is 0 Å². The van der Waals surface area contributed by atoms with Gasteiger partial charge >= 0.3 is 5.69 Å². The first-order chi connectivity index (χ1) is 9.13. The van der Waals surface area contributed by atoms with E-state index in [2.05, 4.69) is 10.3 Å². The van der Waals surface area contributed by atoms with Crippen LogP contribution in [-0.4, -0.2) is 43.3 Å². The van der Waals surface area contributed by atoms with Crippen LogP contribution in [0.15, 0.2) is 12.1 Å². The van der Waals surface area contributed by atoms with E-state index in [-0.39, 0.29) is 5.69 Å². The predicted molar refractivity (Wildman–Crippen MR) is 74.8 cm³/mol. The van der Waals surface area contributed by atoms with Crippen LogP contribution in [0.3, 0.4) is 0 Å². The molecule has 106 valence electrons. The van der Waals surface area contributed by atoms with Crippen LogP contribution >= 0.6 is 0 Å². The molecule has 0 fully saturated rings. The maximum atomic E-state index is 11.1. The second-order valence-electron chi connectivity index (χ2n) is 3.90. The van der Waals surface area contributed by atoms with E-state index in [1.165, 1.54) is 6.07 Å². The van der Waals surface area contributed by atoms with Crippen molar-refractivity contribution in [1.29, 1.82) is 0 Å². The second-order valence-corrected chi connectivity index (χ2v) is 3.90. The third-order valence-electron chi connectivity index (χ3n) is 2.66. The summed E-state index contributed by atoms with van der Waals surface area (Å²) in [5.41, 5.74) is 0.0135. The average Bonchev–Trinajstić information content (AvgIpc) is 2.40. The molecule has 0 spiro atoms. The molecule has 1 aromatic heterocycles. The van der Waals surface area contributed by atoms with E-state index in [9.17, 15) is 10.1 Å². The summed E-state index contributed by atoms with van der Waals surface area (Å²) in [5.74, 6) is 1.02. The zero-order chi connectivity index (χ0) is 14.3. The minimum absolute atomic E-state index is 0.0135. The number of methoxy groups -OCH3 is 1. The molecule has 0 aliphatic rings. The lowest BCUT2D eigenvalue weighted by atomic mass is 10.3. The van der Waals surface area contributed by atoms with Gasteiger partial charge in [0, 0.05) is 32.8 Å². The van der Waals surface area contributed by atoms with Crippen molar-refractivity contribution in [2.75, 3.05) is 43.6 Å². The predicted octanol–water partition coefficient (Wildman–Crippen LogP) is 1.89. The number of pyridine rings is 1. The summed E-state index contributed by atoms with van der Waals surface area (Å²) in [6.45, 7) is 6.29. The van der Waals surface area contributed by atoms with E-state index in [0.29, 0.717) is 37.9 Å². The summed E-state index contributed by atoms with van der Waals surface area (Å²) in [5, 5.41) is 14.1. The lowest BCUT2D eigenvalue weighted by molar-refractivity contribution is -0.384. The number of ether oxygens (including phenoxy) is 1. The molecule has 7 heteroatoms. The van der Waals surface area contributed by atoms with Crippen molar-refractivity contribution in [3.63, 3.8) is 0 Å². The number of hydrogen-bond donors (Lipinski definition) is 1. The van der Waals surface area contributed by atoms with Crippen molar-refractivity contribution in [2.45, 2.75) is 13.8 Å². The molecule has 0 aromatic carbocycles. The summed E-state index contributed by atoms with van der Waals surface area (Å²) in [6, 6.07) is 3.10. The number of nitrogens with zero attached hydrogens (tertiary/aromatic N) is 3. The van der Waals surface area contributed by atoms with Crippen molar-refractivity contribution < 1.29 is 9.66 Å². The molecule has 1 N–H and O–H groups in total. The zero-order valence-corrected chi connectivity index (χ0v) is 11.5. The minimum Gasteiger partial charge on any atom is -0.383 e. The van der Waals surface area contributed by atoms with Crippen LogP contribution in [0.4, 0.5) is 17.3 Å². The van der Waals surface area contributed by atoms with Crippen molar-refractivity contribution in [3.05, 3.63) is 22.2 Å². The molecule has 0 unspecified atom stereocenters. The van der Waals surface area contributed by atoms with Gasteiger partial charge in [-0.05, 0) is 19.9 Å². The Morgan fingerprint density at radius 3 is 2.74 bits per heavy atom. The summed E-state index contributed by atoms with van der Waals surface area (Å²) in [7, 11) is 1.60. The molecule has 0 bridgehead atoms.